The lowest BCUT2D eigenvalue weighted by Gasteiger charge is -2.22. The van der Waals surface area contributed by atoms with Crippen molar-refractivity contribution in [3.05, 3.63) is 70.8 Å². The number of hydrogen-bond donors (Lipinski definition) is 0. The molecule has 1 aliphatic rings. The summed E-state index contributed by atoms with van der Waals surface area (Å²) in [4.78, 5) is 12.9. The van der Waals surface area contributed by atoms with Crippen LogP contribution in [-0.4, -0.2) is 19.0 Å². The van der Waals surface area contributed by atoms with Gasteiger partial charge < -0.3 is 9.47 Å². The Morgan fingerprint density at radius 1 is 0.767 bits per heavy atom. The third-order valence-electron chi connectivity index (χ3n) is 4.61. The molecule has 3 rings (SSSR count). The fourth-order valence-electron chi connectivity index (χ4n) is 3.36. The Morgan fingerprint density at radius 2 is 1.13 bits per heavy atom. The molecule has 1 saturated carbocycles. The molecule has 30 heavy (non-hydrogen) atoms. The largest absolute Gasteiger partial charge is 0.435 e. The highest BCUT2D eigenvalue weighted by Gasteiger charge is 2.25. The number of carbonyl (C=O) groups is 1. The molecule has 0 radical (unpaired) electrons. The van der Waals surface area contributed by atoms with Crippen molar-refractivity contribution in [2.45, 2.75) is 33.0 Å². The molecule has 1 fully saturated rings. The molecule has 158 valence electrons. The highest BCUT2D eigenvalue weighted by molar-refractivity contribution is 6.14. The van der Waals surface area contributed by atoms with E-state index >= 15 is 0 Å². The van der Waals surface area contributed by atoms with Crippen LogP contribution >= 0.6 is 0 Å². The van der Waals surface area contributed by atoms with Crippen molar-refractivity contribution in [3.8, 4) is 11.5 Å². The minimum Gasteiger partial charge on any atom is -0.435 e. The maximum absolute atomic E-state index is 12.9. The van der Waals surface area contributed by atoms with Gasteiger partial charge >= 0.3 is 13.2 Å². The number of ketones is 1. The second kappa shape index (κ2) is 9.61. The summed E-state index contributed by atoms with van der Waals surface area (Å²) >= 11 is 0. The first-order valence-corrected chi connectivity index (χ1v) is 9.36. The third-order valence-corrected chi connectivity index (χ3v) is 4.61. The number of allylic oxidation sites excluding steroid dienone is 2. The Morgan fingerprint density at radius 3 is 1.47 bits per heavy atom. The quantitative estimate of drug-likeness (QED) is 0.403. The molecule has 0 spiro atoms. The van der Waals surface area contributed by atoms with Crippen LogP contribution in [-0.2, 0) is 4.79 Å². The smallest absolute Gasteiger partial charge is 0.387 e. The fraction of sp³-hybridized carbons (Fsp3) is 0.261. The molecule has 0 saturated heterocycles. The average molecular weight is 420 g/mol. The molecular formula is C23H20F4O3. The van der Waals surface area contributed by atoms with Crippen molar-refractivity contribution >= 4 is 17.9 Å². The lowest BCUT2D eigenvalue weighted by molar-refractivity contribution is -0.113. The van der Waals surface area contributed by atoms with Gasteiger partial charge in [-0.2, -0.15) is 17.6 Å². The Kier molecular flexibility index (Phi) is 6.92. The van der Waals surface area contributed by atoms with Gasteiger partial charge in [0.15, 0.2) is 5.78 Å². The second-order valence-electron chi connectivity index (χ2n) is 7.08. The normalized spacial score (nSPS) is 19.7. The minimum atomic E-state index is -2.89. The molecule has 3 nitrogen and oxygen atoms in total. The van der Waals surface area contributed by atoms with E-state index in [4.69, 9.17) is 0 Å². The molecule has 1 unspecified atom stereocenters. The molecule has 0 aliphatic heterocycles. The van der Waals surface area contributed by atoms with Crippen LogP contribution in [0, 0.1) is 5.92 Å². The van der Waals surface area contributed by atoms with Crippen molar-refractivity contribution in [2.24, 2.45) is 5.92 Å². The zero-order chi connectivity index (χ0) is 21.7. The van der Waals surface area contributed by atoms with Gasteiger partial charge in [-0.3, -0.25) is 4.79 Å². The summed E-state index contributed by atoms with van der Waals surface area (Å²) in [5.74, 6) is 0.252. The van der Waals surface area contributed by atoms with Crippen LogP contribution in [0.2, 0.25) is 0 Å². The maximum Gasteiger partial charge on any atom is 0.387 e. The predicted molar refractivity (Wildman–Crippen MR) is 106 cm³/mol. The molecule has 0 aromatic heterocycles. The Hall–Kier alpha value is -3.09. The highest BCUT2D eigenvalue weighted by atomic mass is 19.3. The molecular weight excluding hydrogens is 400 g/mol. The summed E-state index contributed by atoms with van der Waals surface area (Å²) in [5, 5.41) is 0. The van der Waals surface area contributed by atoms with Gasteiger partial charge in [0, 0.05) is 11.1 Å². The van der Waals surface area contributed by atoms with Crippen LogP contribution in [0.4, 0.5) is 17.6 Å². The van der Waals surface area contributed by atoms with E-state index in [1.54, 1.807) is 36.4 Å². The zero-order valence-electron chi connectivity index (χ0n) is 16.2. The second-order valence-corrected chi connectivity index (χ2v) is 7.08. The summed E-state index contributed by atoms with van der Waals surface area (Å²) in [5.41, 5.74) is 2.67. The molecule has 1 atom stereocenters. The SMILES string of the molecule is CC1C/C(=C/c2ccc(OC(F)F)cc2)C(=O)/C(=C/c2ccc(OC(F)F)cc2)C1. The lowest BCUT2D eigenvalue weighted by atomic mass is 9.81. The molecule has 0 heterocycles. The topological polar surface area (TPSA) is 35.5 Å². The van der Waals surface area contributed by atoms with E-state index in [2.05, 4.69) is 9.47 Å². The highest BCUT2D eigenvalue weighted by Crippen LogP contribution is 2.32. The molecule has 2 aromatic carbocycles. The Labute approximate surface area is 171 Å². The van der Waals surface area contributed by atoms with Crippen LogP contribution in [0.25, 0.3) is 12.2 Å². The van der Waals surface area contributed by atoms with Crippen LogP contribution in [0.3, 0.4) is 0 Å². The summed E-state index contributed by atoms with van der Waals surface area (Å²) in [6.07, 6.45) is 4.70. The average Bonchev–Trinajstić information content (AvgIpc) is 2.67. The Balaban J connectivity index is 1.79. The van der Waals surface area contributed by atoms with Crippen molar-refractivity contribution in [1.82, 2.24) is 0 Å². The van der Waals surface area contributed by atoms with E-state index in [9.17, 15) is 22.4 Å². The molecule has 0 N–H and O–H groups in total. The number of carbonyl (C=O) groups excluding carboxylic acids is 1. The summed E-state index contributed by atoms with van der Waals surface area (Å²) in [7, 11) is 0. The van der Waals surface area contributed by atoms with E-state index in [-0.39, 0.29) is 23.2 Å². The monoisotopic (exact) mass is 420 g/mol. The maximum atomic E-state index is 12.9. The number of rotatable bonds is 6. The molecule has 1 aliphatic carbocycles. The van der Waals surface area contributed by atoms with Gasteiger partial charge in [-0.05, 0) is 66.3 Å². The predicted octanol–water partition coefficient (Wildman–Crippen LogP) is 6.36. The van der Waals surface area contributed by atoms with Crippen LogP contribution < -0.4 is 9.47 Å². The summed E-state index contributed by atoms with van der Waals surface area (Å²) in [6.45, 7) is -3.75. The Bertz CT molecular complexity index is 856. The van der Waals surface area contributed by atoms with Crippen LogP contribution in [0.15, 0.2) is 59.7 Å². The molecule has 2 aromatic rings. The van der Waals surface area contributed by atoms with Gasteiger partial charge in [0.25, 0.3) is 0 Å². The number of benzene rings is 2. The fourth-order valence-corrected chi connectivity index (χ4v) is 3.36. The first-order chi connectivity index (χ1) is 14.3. The van der Waals surface area contributed by atoms with Gasteiger partial charge in [-0.1, -0.05) is 31.2 Å². The number of halogens is 4. The number of alkyl halides is 4. The molecule has 0 amide bonds. The van der Waals surface area contributed by atoms with E-state index < -0.39 is 13.2 Å². The van der Waals surface area contributed by atoms with Crippen molar-refractivity contribution in [1.29, 1.82) is 0 Å². The van der Waals surface area contributed by atoms with Crippen molar-refractivity contribution < 1.29 is 31.8 Å². The van der Waals surface area contributed by atoms with Gasteiger partial charge in [-0.15, -0.1) is 0 Å². The summed E-state index contributed by atoms with van der Waals surface area (Å²) < 4.78 is 57.7. The van der Waals surface area contributed by atoms with Gasteiger partial charge in [0.1, 0.15) is 11.5 Å². The number of ether oxygens (including phenoxy) is 2. The standard InChI is InChI=1S/C23H20F4O3/c1-14-10-17(12-15-2-6-19(7-3-15)29-22(24)25)21(28)18(11-14)13-16-4-8-20(9-5-16)30-23(26)27/h2-9,12-14,22-23H,10-11H2,1H3/b17-12-,18-13+. The summed E-state index contributed by atoms with van der Waals surface area (Å²) in [6, 6.07) is 12.2. The van der Waals surface area contributed by atoms with E-state index in [1.807, 2.05) is 6.92 Å². The van der Waals surface area contributed by atoms with Crippen LogP contribution in [0.5, 0.6) is 11.5 Å². The first kappa shape index (κ1) is 21.6. The zero-order valence-corrected chi connectivity index (χ0v) is 16.2. The molecule has 0 bridgehead atoms. The number of hydrogen-bond acceptors (Lipinski definition) is 3. The van der Waals surface area contributed by atoms with Crippen LogP contribution in [0.1, 0.15) is 30.9 Å². The number of Topliss-reactive ketones (excluding diaryl/α,β-unsaturated/α-hetero) is 1. The van der Waals surface area contributed by atoms with Crippen molar-refractivity contribution in [2.75, 3.05) is 0 Å². The minimum absolute atomic E-state index is 0.0512. The van der Waals surface area contributed by atoms with Gasteiger partial charge in [0.05, 0.1) is 0 Å². The lowest BCUT2D eigenvalue weighted by Crippen LogP contribution is -2.18. The third kappa shape index (κ3) is 5.95. The first-order valence-electron chi connectivity index (χ1n) is 9.36. The van der Waals surface area contributed by atoms with E-state index in [0.29, 0.717) is 35.1 Å². The van der Waals surface area contributed by atoms with Gasteiger partial charge in [0.2, 0.25) is 0 Å². The van der Waals surface area contributed by atoms with Crippen molar-refractivity contribution in [3.63, 3.8) is 0 Å². The van der Waals surface area contributed by atoms with E-state index in [0.717, 1.165) is 0 Å². The molecule has 7 heteroatoms. The van der Waals surface area contributed by atoms with Gasteiger partial charge in [-0.25, -0.2) is 0 Å². The van der Waals surface area contributed by atoms with E-state index in [1.165, 1.54) is 24.3 Å².